The van der Waals surface area contributed by atoms with E-state index in [4.69, 9.17) is 9.29 Å². The quantitative estimate of drug-likeness (QED) is 0.585. The van der Waals surface area contributed by atoms with E-state index in [9.17, 15) is 13.2 Å². The summed E-state index contributed by atoms with van der Waals surface area (Å²) in [5.74, 6) is 0.431. The summed E-state index contributed by atoms with van der Waals surface area (Å²) >= 11 is 0. The van der Waals surface area contributed by atoms with E-state index in [1.54, 1.807) is 12.1 Å². The molecule has 0 spiro atoms. The van der Waals surface area contributed by atoms with E-state index in [1.807, 2.05) is 37.3 Å². The van der Waals surface area contributed by atoms with Crippen LogP contribution < -0.4 is 5.32 Å². The standard InChI is InChI=1S/C14H19NO2.C7H8O3S/c16-14(10-12-6-8-15-9-7-12)17-11-13-4-2-1-3-5-13;1-6-2-4-7(5-3-6)11(8,9)10/h1-5,12,15H,6-11H2;2-5H,1H3,(H,8,9,10). The zero-order chi connectivity index (χ0) is 20.4. The second-order valence-electron chi connectivity index (χ2n) is 6.83. The Bertz CT molecular complexity index is 829. The molecule has 1 heterocycles. The van der Waals surface area contributed by atoms with Gasteiger partial charge in [0.15, 0.2) is 0 Å². The van der Waals surface area contributed by atoms with Gasteiger partial charge >= 0.3 is 5.97 Å². The van der Waals surface area contributed by atoms with Crippen molar-refractivity contribution in [3.05, 3.63) is 65.7 Å². The first-order valence-corrected chi connectivity index (χ1v) is 10.7. The maximum absolute atomic E-state index is 11.6. The van der Waals surface area contributed by atoms with Gasteiger partial charge in [-0.3, -0.25) is 9.35 Å². The van der Waals surface area contributed by atoms with Crippen molar-refractivity contribution in [1.29, 1.82) is 0 Å². The van der Waals surface area contributed by atoms with Crippen LogP contribution in [0.4, 0.5) is 0 Å². The van der Waals surface area contributed by atoms with Crippen molar-refractivity contribution in [2.45, 2.75) is 37.7 Å². The van der Waals surface area contributed by atoms with Crippen molar-refractivity contribution in [2.75, 3.05) is 13.1 Å². The molecule has 3 rings (SSSR count). The maximum atomic E-state index is 11.6. The Morgan fingerprint density at radius 2 is 1.68 bits per heavy atom. The van der Waals surface area contributed by atoms with E-state index >= 15 is 0 Å². The molecule has 7 heteroatoms. The lowest BCUT2D eigenvalue weighted by Crippen LogP contribution is -2.29. The Labute approximate surface area is 166 Å². The molecule has 152 valence electrons. The van der Waals surface area contributed by atoms with Crippen molar-refractivity contribution in [3.63, 3.8) is 0 Å². The first-order valence-electron chi connectivity index (χ1n) is 9.29. The second-order valence-corrected chi connectivity index (χ2v) is 8.25. The summed E-state index contributed by atoms with van der Waals surface area (Å²) in [4.78, 5) is 11.6. The van der Waals surface area contributed by atoms with Gasteiger partial charge in [-0.25, -0.2) is 0 Å². The summed E-state index contributed by atoms with van der Waals surface area (Å²) in [5, 5.41) is 3.29. The number of hydrogen-bond acceptors (Lipinski definition) is 5. The molecule has 1 saturated heterocycles. The fourth-order valence-electron chi connectivity index (χ4n) is 2.83. The molecule has 0 radical (unpaired) electrons. The minimum Gasteiger partial charge on any atom is -0.461 e. The number of carbonyl (C=O) groups is 1. The Kier molecular flexibility index (Phi) is 8.63. The average Bonchev–Trinajstić information content (AvgIpc) is 2.68. The van der Waals surface area contributed by atoms with Gasteiger partial charge in [-0.1, -0.05) is 48.0 Å². The van der Waals surface area contributed by atoms with Gasteiger partial charge in [0.2, 0.25) is 0 Å². The van der Waals surface area contributed by atoms with E-state index in [0.717, 1.165) is 37.1 Å². The van der Waals surface area contributed by atoms with Crippen molar-refractivity contribution >= 4 is 16.1 Å². The van der Waals surface area contributed by atoms with E-state index < -0.39 is 10.1 Å². The summed E-state index contributed by atoms with van der Waals surface area (Å²) in [5.41, 5.74) is 2.00. The number of esters is 1. The monoisotopic (exact) mass is 405 g/mol. The van der Waals surface area contributed by atoms with Crippen LogP contribution >= 0.6 is 0 Å². The van der Waals surface area contributed by atoms with Crippen molar-refractivity contribution < 1.29 is 22.5 Å². The first-order chi connectivity index (χ1) is 13.3. The Balaban J connectivity index is 0.000000221. The van der Waals surface area contributed by atoms with E-state index in [0.29, 0.717) is 18.9 Å². The summed E-state index contributed by atoms with van der Waals surface area (Å²) < 4.78 is 34.8. The van der Waals surface area contributed by atoms with Crippen LogP contribution in [0, 0.1) is 12.8 Å². The number of ether oxygens (including phenoxy) is 1. The molecule has 1 aliphatic rings. The third-order valence-electron chi connectivity index (χ3n) is 4.48. The van der Waals surface area contributed by atoms with Gasteiger partial charge in [-0.2, -0.15) is 8.42 Å². The van der Waals surface area contributed by atoms with Gasteiger partial charge in [-0.05, 0) is 56.5 Å². The molecule has 28 heavy (non-hydrogen) atoms. The molecule has 0 atom stereocenters. The highest BCUT2D eigenvalue weighted by atomic mass is 32.2. The number of aryl methyl sites for hydroxylation is 1. The Hall–Kier alpha value is -2.22. The molecule has 0 aliphatic carbocycles. The molecule has 2 aromatic rings. The van der Waals surface area contributed by atoms with Gasteiger partial charge in [0.25, 0.3) is 10.1 Å². The molecule has 1 aliphatic heterocycles. The van der Waals surface area contributed by atoms with Crippen molar-refractivity contribution in [2.24, 2.45) is 5.92 Å². The lowest BCUT2D eigenvalue weighted by Gasteiger charge is -2.21. The third kappa shape index (κ3) is 8.21. The van der Waals surface area contributed by atoms with Gasteiger partial charge in [-0.15, -0.1) is 0 Å². The first kappa shape index (κ1) is 22.1. The molecule has 0 unspecified atom stereocenters. The number of hydrogen-bond donors (Lipinski definition) is 2. The second kappa shape index (κ2) is 10.9. The minimum atomic E-state index is -4.02. The fourth-order valence-corrected chi connectivity index (χ4v) is 3.31. The van der Waals surface area contributed by atoms with Crippen LogP contribution in [-0.2, 0) is 26.3 Å². The largest absolute Gasteiger partial charge is 0.461 e. The lowest BCUT2D eigenvalue weighted by molar-refractivity contribution is -0.146. The highest BCUT2D eigenvalue weighted by Gasteiger charge is 2.17. The number of nitrogens with one attached hydrogen (secondary N) is 1. The van der Waals surface area contributed by atoms with E-state index in [-0.39, 0.29) is 10.9 Å². The average molecular weight is 406 g/mol. The predicted molar refractivity (Wildman–Crippen MR) is 107 cm³/mol. The van der Waals surface area contributed by atoms with Gasteiger partial charge in [0.05, 0.1) is 4.90 Å². The fraction of sp³-hybridized carbons (Fsp3) is 0.381. The van der Waals surface area contributed by atoms with Crippen LogP contribution in [0.25, 0.3) is 0 Å². The predicted octanol–water partition coefficient (Wildman–Crippen LogP) is 3.36. The SMILES string of the molecule is Cc1ccc(S(=O)(=O)O)cc1.O=C(CC1CCNCC1)OCc1ccccc1. The van der Waals surface area contributed by atoms with Gasteiger partial charge < -0.3 is 10.1 Å². The number of piperidine rings is 1. The number of carbonyl (C=O) groups excluding carboxylic acids is 1. The summed E-state index contributed by atoms with van der Waals surface area (Å²) in [6.45, 7) is 4.28. The van der Waals surface area contributed by atoms with Crippen molar-refractivity contribution in [1.82, 2.24) is 5.32 Å². The molecule has 0 bridgehead atoms. The summed E-state index contributed by atoms with van der Waals surface area (Å²) in [7, 11) is -4.02. The third-order valence-corrected chi connectivity index (χ3v) is 5.34. The zero-order valence-electron chi connectivity index (χ0n) is 16.0. The van der Waals surface area contributed by atoms with Gasteiger partial charge in [0, 0.05) is 6.42 Å². The molecular formula is C21H27NO5S. The molecule has 2 N–H and O–H groups in total. The van der Waals surface area contributed by atoms with Crippen LogP contribution in [0.15, 0.2) is 59.5 Å². The van der Waals surface area contributed by atoms with Crippen LogP contribution in [0.2, 0.25) is 0 Å². The number of benzene rings is 2. The Morgan fingerprint density at radius 3 is 2.25 bits per heavy atom. The van der Waals surface area contributed by atoms with Crippen LogP contribution in [0.1, 0.15) is 30.4 Å². The Morgan fingerprint density at radius 1 is 1.07 bits per heavy atom. The van der Waals surface area contributed by atoms with Crippen LogP contribution in [0.5, 0.6) is 0 Å². The maximum Gasteiger partial charge on any atom is 0.306 e. The molecule has 0 aromatic heterocycles. The molecular weight excluding hydrogens is 378 g/mol. The van der Waals surface area contributed by atoms with Crippen molar-refractivity contribution in [3.8, 4) is 0 Å². The zero-order valence-corrected chi connectivity index (χ0v) is 16.8. The van der Waals surface area contributed by atoms with Gasteiger partial charge in [0.1, 0.15) is 6.61 Å². The van der Waals surface area contributed by atoms with Crippen LogP contribution in [0.3, 0.4) is 0 Å². The minimum absolute atomic E-state index is 0.0666. The van der Waals surface area contributed by atoms with E-state index in [2.05, 4.69) is 5.32 Å². The smallest absolute Gasteiger partial charge is 0.306 e. The molecule has 0 amide bonds. The molecule has 1 fully saturated rings. The lowest BCUT2D eigenvalue weighted by atomic mass is 9.95. The summed E-state index contributed by atoms with van der Waals surface area (Å²) in [6.07, 6.45) is 2.73. The topological polar surface area (TPSA) is 92.7 Å². The summed E-state index contributed by atoms with van der Waals surface area (Å²) in [6, 6.07) is 15.8. The highest BCUT2D eigenvalue weighted by Crippen LogP contribution is 2.16. The highest BCUT2D eigenvalue weighted by molar-refractivity contribution is 7.85. The normalized spacial score (nSPS) is 14.6. The molecule has 6 nitrogen and oxygen atoms in total. The van der Waals surface area contributed by atoms with E-state index in [1.165, 1.54) is 12.1 Å². The molecule has 0 saturated carbocycles. The number of rotatable bonds is 5. The molecule has 2 aromatic carbocycles. The van der Waals surface area contributed by atoms with Crippen LogP contribution in [-0.4, -0.2) is 32.0 Å².